The number of likely N-dealkylation sites (N-methyl/N-ethyl adjacent to an activating group) is 1. The third-order valence-corrected chi connectivity index (χ3v) is 5.98. The number of benzene rings is 3. The van der Waals surface area contributed by atoms with Crippen molar-refractivity contribution < 1.29 is 23.8 Å². The SMILES string of the molecule is COc1ccc([C@@H]2[C@@H](C(=O)Nc3cc(OC)ccc3OC)c3ccccc3C(=O)N2C)cc1. The molecule has 7 heteroatoms. The van der Waals surface area contributed by atoms with E-state index in [0.717, 1.165) is 5.56 Å². The maximum atomic E-state index is 13.8. The number of amides is 2. The fraction of sp³-hybridized carbons (Fsp3) is 0.231. The van der Waals surface area contributed by atoms with Gasteiger partial charge in [0.15, 0.2) is 0 Å². The first kappa shape index (κ1) is 22.2. The lowest BCUT2D eigenvalue weighted by atomic mass is 9.79. The van der Waals surface area contributed by atoms with Gasteiger partial charge < -0.3 is 24.4 Å². The average molecular weight is 447 g/mol. The molecule has 1 heterocycles. The lowest BCUT2D eigenvalue weighted by Crippen LogP contribution is -2.44. The highest BCUT2D eigenvalue weighted by Crippen LogP contribution is 2.43. The second kappa shape index (κ2) is 9.24. The van der Waals surface area contributed by atoms with Gasteiger partial charge in [0.1, 0.15) is 17.2 Å². The minimum Gasteiger partial charge on any atom is -0.497 e. The van der Waals surface area contributed by atoms with Crippen molar-refractivity contribution in [2.24, 2.45) is 0 Å². The van der Waals surface area contributed by atoms with Crippen LogP contribution in [-0.2, 0) is 4.79 Å². The van der Waals surface area contributed by atoms with E-state index in [2.05, 4.69) is 5.32 Å². The lowest BCUT2D eigenvalue weighted by molar-refractivity contribution is -0.119. The van der Waals surface area contributed by atoms with Gasteiger partial charge >= 0.3 is 0 Å². The molecule has 3 aromatic carbocycles. The largest absolute Gasteiger partial charge is 0.497 e. The van der Waals surface area contributed by atoms with Crippen molar-refractivity contribution >= 4 is 17.5 Å². The molecule has 170 valence electrons. The Labute approximate surface area is 192 Å². The number of hydrogen-bond acceptors (Lipinski definition) is 5. The van der Waals surface area contributed by atoms with Crippen LogP contribution in [0.15, 0.2) is 66.7 Å². The number of methoxy groups -OCH3 is 3. The first-order chi connectivity index (χ1) is 16.0. The summed E-state index contributed by atoms with van der Waals surface area (Å²) in [6.45, 7) is 0. The zero-order valence-electron chi connectivity index (χ0n) is 19.0. The maximum Gasteiger partial charge on any atom is 0.254 e. The number of rotatable bonds is 6. The highest BCUT2D eigenvalue weighted by molar-refractivity contribution is 6.04. The number of carbonyl (C=O) groups excluding carboxylic acids is 2. The summed E-state index contributed by atoms with van der Waals surface area (Å²) in [7, 11) is 6.42. The number of nitrogens with one attached hydrogen (secondary N) is 1. The van der Waals surface area contributed by atoms with Gasteiger partial charge in [-0.15, -0.1) is 0 Å². The number of fused-ring (bicyclic) bond motifs is 1. The topological polar surface area (TPSA) is 77.1 Å². The number of nitrogens with zero attached hydrogens (tertiary/aromatic N) is 1. The number of carbonyl (C=O) groups is 2. The van der Waals surface area contributed by atoms with E-state index >= 15 is 0 Å². The van der Waals surface area contributed by atoms with Gasteiger partial charge in [-0.25, -0.2) is 0 Å². The summed E-state index contributed by atoms with van der Waals surface area (Å²) in [5, 5.41) is 3.00. The summed E-state index contributed by atoms with van der Waals surface area (Å²) in [5.41, 5.74) is 2.52. The van der Waals surface area contributed by atoms with E-state index < -0.39 is 12.0 Å². The van der Waals surface area contributed by atoms with Crippen LogP contribution in [-0.4, -0.2) is 45.1 Å². The second-order valence-corrected chi connectivity index (χ2v) is 7.75. The van der Waals surface area contributed by atoms with Crippen molar-refractivity contribution in [3.63, 3.8) is 0 Å². The van der Waals surface area contributed by atoms with E-state index in [4.69, 9.17) is 14.2 Å². The van der Waals surface area contributed by atoms with Crippen molar-refractivity contribution in [2.75, 3.05) is 33.7 Å². The number of anilines is 1. The molecule has 1 aliphatic rings. The number of hydrogen-bond donors (Lipinski definition) is 1. The smallest absolute Gasteiger partial charge is 0.254 e. The molecule has 1 N–H and O–H groups in total. The van der Waals surface area contributed by atoms with Crippen LogP contribution in [0.1, 0.15) is 33.4 Å². The molecule has 0 saturated heterocycles. The molecule has 4 rings (SSSR count). The normalized spacial score (nSPS) is 17.2. The molecule has 0 bridgehead atoms. The molecule has 0 spiro atoms. The van der Waals surface area contributed by atoms with E-state index in [9.17, 15) is 9.59 Å². The molecule has 0 saturated carbocycles. The molecule has 0 aliphatic carbocycles. The lowest BCUT2D eigenvalue weighted by Gasteiger charge is -2.39. The fourth-order valence-corrected chi connectivity index (χ4v) is 4.30. The summed E-state index contributed by atoms with van der Waals surface area (Å²) in [6, 6.07) is 19.4. The van der Waals surface area contributed by atoms with Gasteiger partial charge in [0.25, 0.3) is 5.91 Å². The monoisotopic (exact) mass is 446 g/mol. The van der Waals surface area contributed by atoms with Crippen molar-refractivity contribution in [1.29, 1.82) is 0 Å². The van der Waals surface area contributed by atoms with Crippen molar-refractivity contribution in [3.05, 3.63) is 83.4 Å². The van der Waals surface area contributed by atoms with Crippen LogP contribution >= 0.6 is 0 Å². The summed E-state index contributed by atoms with van der Waals surface area (Å²) in [6.07, 6.45) is 0. The van der Waals surface area contributed by atoms with E-state index in [1.165, 1.54) is 0 Å². The molecular formula is C26H26N2O5. The summed E-state index contributed by atoms with van der Waals surface area (Å²) in [4.78, 5) is 28.6. The Kier molecular flexibility index (Phi) is 6.22. The minimum absolute atomic E-state index is 0.130. The molecule has 0 unspecified atom stereocenters. The Hall–Kier alpha value is -4.00. The van der Waals surface area contributed by atoms with Crippen LogP contribution in [0.25, 0.3) is 0 Å². The zero-order chi connectivity index (χ0) is 23.5. The number of ether oxygens (including phenoxy) is 3. The molecule has 0 radical (unpaired) electrons. The van der Waals surface area contributed by atoms with Crippen molar-refractivity contribution in [2.45, 2.75) is 12.0 Å². The van der Waals surface area contributed by atoms with Gasteiger partial charge in [-0.2, -0.15) is 0 Å². The first-order valence-electron chi connectivity index (χ1n) is 10.5. The van der Waals surface area contributed by atoms with E-state index in [0.29, 0.717) is 34.1 Å². The molecule has 2 amide bonds. The highest BCUT2D eigenvalue weighted by Gasteiger charge is 2.42. The van der Waals surface area contributed by atoms with E-state index in [1.807, 2.05) is 36.4 Å². The van der Waals surface area contributed by atoms with Crippen LogP contribution in [0.3, 0.4) is 0 Å². The standard InChI is InChI=1S/C26H26N2O5/c1-28-24(16-9-11-17(31-2)12-10-16)23(19-7-5-6-8-20(19)26(28)30)25(29)27-21-15-18(32-3)13-14-22(21)33-4/h5-15,23-24H,1-4H3,(H,27,29)/t23-,24+/m0/s1. The van der Waals surface area contributed by atoms with Gasteiger partial charge in [0.05, 0.1) is 39.0 Å². The molecule has 3 aromatic rings. The molecule has 0 aromatic heterocycles. The van der Waals surface area contributed by atoms with Gasteiger partial charge in [0.2, 0.25) is 5.91 Å². The Morgan fingerprint density at radius 3 is 2.21 bits per heavy atom. The third-order valence-electron chi connectivity index (χ3n) is 5.98. The van der Waals surface area contributed by atoms with Gasteiger partial charge in [-0.3, -0.25) is 9.59 Å². The van der Waals surface area contributed by atoms with Crippen LogP contribution in [0.5, 0.6) is 17.2 Å². The van der Waals surface area contributed by atoms with Gasteiger partial charge in [-0.05, 0) is 41.5 Å². The third kappa shape index (κ3) is 4.09. The molecule has 33 heavy (non-hydrogen) atoms. The minimum atomic E-state index is -0.645. The predicted molar refractivity (Wildman–Crippen MR) is 125 cm³/mol. The Morgan fingerprint density at radius 2 is 1.55 bits per heavy atom. The van der Waals surface area contributed by atoms with Gasteiger partial charge in [-0.1, -0.05) is 30.3 Å². The average Bonchev–Trinajstić information content (AvgIpc) is 2.86. The molecule has 2 atom stereocenters. The van der Waals surface area contributed by atoms with Crippen LogP contribution in [0.2, 0.25) is 0 Å². The van der Waals surface area contributed by atoms with Crippen LogP contribution in [0, 0.1) is 0 Å². The van der Waals surface area contributed by atoms with Gasteiger partial charge in [0, 0.05) is 18.7 Å². The summed E-state index contributed by atoms with van der Waals surface area (Å²) in [5.74, 6) is 0.774. The first-order valence-corrected chi connectivity index (χ1v) is 10.5. The van der Waals surface area contributed by atoms with Crippen molar-refractivity contribution in [3.8, 4) is 17.2 Å². The molecule has 0 fully saturated rings. The van der Waals surface area contributed by atoms with E-state index in [1.54, 1.807) is 63.6 Å². The second-order valence-electron chi connectivity index (χ2n) is 7.75. The molecule has 1 aliphatic heterocycles. The highest BCUT2D eigenvalue weighted by atomic mass is 16.5. The van der Waals surface area contributed by atoms with E-state index in [-0.39, 0.29) is 11.8 Å². The molecular weight excluding hydrogens is 420 g/mol. The fourth-order valence-electron chi connectivity index (χ4n) is 4.30. The van der Waals surface area contributed by atoms with Crippen molar-refractivity contribution in [1.82, 2.24) is 4.90 Å². The predicted octanol–water partition coefficient (Wildman–Crippen LogP) is 4.26. The Balaban J connectivity index is 1.80. The summed E-state index contributed by atoms with van der Waals surface area (Å²) < 4.78 is 16.0. The van der Waals surface area contributed by atoms with Crippen LogP contribution < -0.4 is 19.5 Å². The summed E-state index contributed by atoms with van der Waals surface area (Å²) >= 11 is 0. The Bertz CT molecular complexity index is 1180. The zero-order valence-corrected chi connectivity index (χ0v) is 19.0. The molecule has 7 nitrogen and oxygen atoms in total. The maximum absolute atomic E-state index is 13.8. The quantitative estimate of drug-likeness (QED) is 0.612. The van der Waals surface area contributed by atoms with Crippen LogP contribution in [0.4, 0.5) is 5.69 Å². The Morgan fingerprint density at radius 1 is 0.879 bits per heavy atom.